The summed E-state index contributed by atoms with van der Waals surface area (Å²) < 4.78 is 37.5. The Bertz CT molecular complexity index is 642. The highest BCUT2D eigenvalue weighted by Gasteiger charge is 2.34. The predicted octanol–water partition coefficient (Wildman–Crippen LogP) is 2.62. The number of alkyl halides is 3. The van der Waals surface area contributed by atoms with E-state index in [0.717, 1.165) is 0 Å². The van der Waals surface area contributed by atoms with Gasteiger partial charge < -0.3 is 16.0 Å². The number of aliphatic imine (C=N–C) groups is 1. The summed E-state index contributed by atoms with van der Waals surface area (Å²) >= 11 is 0. The summed E-state index contributed by atoms with van der Waals surface area (Å²) in [7, 11) is 0. The highest BCUT2D eigenvalue weighted by atomic mass is 127. The highest BCUT2D eigenvalue weighted by molar-refractivity contribution is 14.0. The van der Waals surface area contributed by atoms with Crippen LogP contribution in [0.1, 0.15) is 30.1 Å². The predicted molar refractivity (Wildman–Crippen MR) is 119 cm³/mol. The van der Waals surface area contributed by atoms with E-state index in [-0.39, 0.29) is 35.9 Å². The molecule has 1 aromatic carbocycles. The zero-order valence-electron chi connectivity index (χ0n) is 16.5. The van der Waals surface area contributed by atoms with Gasteiger partial charge in [0.25, 0.3) is 5.91 Å². The maximum atomic E-state index is 12.5. The van der Waals surface area contributed by atoms with Gasteiger partial charge in [0.1, 0.15) is 0 Å². The van der Waals surface area contributed by atoms with Crippen molar-refractivity contribution in [1.29, 1.82) is 0 Å². The Morgan fingerprint density at radius 1 is 1.24 bits per heavy atom. The van der Waals surface area contributed by atoms with Crippen LogP contribution in [0.15, 0.2) is 35.3 Å². The largest absolute Gasteiger partial charge is 0.401 e. The van der Waals surface area contributed by atoms with Gasteiger partial charge in [-0.3, -0.25) is 14.7 Å². The van der Waals surface area contributed by atoms with Crippen molar-refractivity contribution in [3.63, 3.8) is 0 Å². The molecule has 1 unspecified atom stereocenters. The minimum atomic E-state index is -4.17. The van der Waals surface area contributed by atoms with Crippen LogP contribution in [-0.2, 0) is 0 Å². The zero-order valence-corrected chi connectivity index (χ0v) is 18.8. The van der Waals surface area contributed by atoms with Crippen LogP contribution in [0.25, 0.3) is 0 Å². The lowest BCUT2D eigenvalue weighted by atomic mass is 10.2. The zero-order chi connectivity index (χ0) is 20.4. The van der Waals surface area contributed by atoms with E-state index in [2.05, 4.69) is 20.9 Å². The van der Waals surface area contributed by atoms with Crippen LogP contribution >= 0.6 is 24.0 Å². The Hall–Kier alpha value is -1.56. The molecule has 1 amide bonds. The van der Waals surface area contributed by atoms with Crippen LogP contribution in [0, 0.1) is 0 Å². The van der Waals surface area contributed by atoms with E-state index in [0.29, 0.717) is 57.1 Å². The number of likely N-dealkylation sites (tertiary alicyclic amines) is 1. The van der Waals surface area contributed by atoms with E-state index in [4.69, 9.17) is 0 Å². The van der Waals surface area contributed by atoms with Crippen molar-refractivity contribution < 1.29 is 18.0 Å². The molecular formula is C19H29F3IN5O. The molecule has 0 aliphatic carbocycles. The first-order chi connectivity index (χ1) is 13.4. The molecule has 0 saturated carbocycles. The third-order valence-corrected chi connectivity index (χ3v) is 4.29. The maximum absolute atomic E-state index is 12.5. The lowest BCUT2D eigenvalue weighted by Gasteiger charge is -2.19. The Morgan fingerprint density at radius 3 is 2.62 bits per heavy atom. The summed E-state index contributed by atoms with van der Waals surface area (Å²) in [6.45, 7) is 3.49. The molecule has 0 spiro atoms. The number of carbonyl (C=O) groups excluding carboxylic acids is 1. The number of amides is 1. The molecule has 1 fully saturated rings. The fourth-order valence-corrected chi connectivity index (χ4v) is 3.02. The Balaban J connectivity index is 0.00000420. The van der Waals surface area contributed by atoms with Gasteiger partial charge in [-0.05, 0) is 31.9 Å². The van der Waals surface area contributed by atoms with Crippen LogP contribution in [0.5, 0.6) is 0 Å². The molecule has 0 bridgehead atoms. The van der Waals surface area contributed by atoms with Gasteiger partial charge in [-0.2, -0.15) is 13.2 Å². The summed E-state index contributed by atoms with van der Waals surface area (Å²) in [5, 5.41) is 9.15. The van der Waals surface area contributed by atoms with E-state index >= 15 is 0 Å². The lowest BCUT2D eigenvalue weighted by molar-refractivity contribution is -0.143. The summed E-state index contributed by atoms with van der Waals surface area (Å²) in [6, 6.07) is 8.93. The fourth-order valence-electron chi connectivity index (χ4n) is 3.02. The third kappa shape index (κ3) is 10.2. The fraction of sp³-hybridized carbons (Fsp3) is 0.579. The molecule has 0 aromatic heterocycles. The molecule has 1 heterocycles. The first kappa shape index (κ1) is 25.5. The van der Waals surface area contributed by atoms with E-state index < -0.39 is 12.7 Å². The molecule has 0 radical (unpaired) electrons. The number of nitrogens with one attached hydrogen (secondary N) is 3. The number of hydrogen-bond donors (Lipinski definition) is 3. The van der Waals surface area contributed by atoms with Crippen molar-refractivity contribution in [2.45, 2.75) is 32.0 Å². The van der Waals surface area contributed by atoms with Gasteiger partial charge in [-0.15, -0.1) is 24.0 Å². The number of halogens is 4. The second-order valence-corrected chi connectivity index (χ2v) is 6.72. The molecule has 1 aromatic rings. The van der Waals surface area contributed by atoms with Gasteiger partial charge in [-0.25, -0.2) is 0 Å². The van der Waals surface area contributed by atoms with Crippen molar-refractivity contribution >= 4 is 35.8 Å². The number of rotatable bonds is 8. The number of carbonyl (C=O) groups is 1. The van der Waals surface area contributed by atoms with Gasteiger partial charge in [0.15, 0.2) is 5.96 Å². The maximum Gasteiger partial charge on any atom is 0.401 e. The molecule has 1 aliphatic heterocycles. The molecular weight excluding hydrogens is 498 g/mol. The highest BCUT2D eigenvalue weighted by Crippen LogP contribution is 2.19. The quantitative estimate of drug-likeness (QED) is 0.211. The second-order valence-electron chi connectivity index (χ2n) is 6.72. The second kappa shape index (κ2) is 12.9. The van der Waals surface area contributed by atoms with Crippen LogP contribution in [0.4, 0.5) is 13.2 Å². The van der Waals surface area contributed by atoms with E-state index in [1.165, 1.54) is 4.90 Å². The van der Waals surface area contributed by atoms with Crippen molar-refractivity contribution in [1.82, 2.24) is 20.9 Å². The third-order valence-electron chi connectivity index (χ3n) is 4.29. The van der Waals surface area contributed by atoms with Crippen LogP contribution in [0.2, 0.25) is 0 Å². The monoisotopic (exact) mass is 527 g/mol. The standard InChI is InChI=1S/C19H28F3N5O.HI/c1-2-23-18(26-16-9-12-27(13-16)14-19(20,21)22)25-11-6-10-24-17(28)15-7-4-3-5-8-15;/h3-5,7-8,16H,2,6,9-14H2,1H3,(H,24,28)(H2,23,25,26);1H. The number of benzene rings is 1. The molecule has 2 rings (SSSR count). The smallest absolute Gasteiger partial charge is 0.357 e. The van der Waals surface area contributed by atoms with E-state index in [9.17, 15) is 18.0 Å². The number of guanidine groups is 1. The van der Waals surface area contributed by atoms with E-state index in [1.54, 1.807) is 12.1 Å². The molecule has 29 heavy (non-hydrogen) atoms. The molecule has 6 nitrogen and oxygen atoms in total. The molecule has 164 valence electrons. The van der Waals surface area contributed by atoms with Crippen LogP contribution in [-0.4, -0.2) is 68.3 Å². The van der Waals surface area contributed by atoms with Gasteiger partial charge in [0.2, 0.25) is 0 Å². The summed E-state index contributed by atoms with van der Waals surface area (Å²) in [5.41, 5.74) is 0.616. The molecule has 3 N–H and O–H groups in total. The van der Waals surface area contributed by atoms with Gasteiger partial charge >= 0.3 is 6.18 Å². The Morgan fingerprint density at radius 2 is 1.97 bits per heavy atom. The molecule has 1 aliphatic rings. The minimum absolute atomic E-state index is 0. The SMILES string of the molecule is CCNC(=NCCCNC(=O)c1ccccc1)NC1CCN(CC(F)(F)F)C1.I. The molecule has 1 saturated heterocycles. The van der Waals surface area contributed by atoms with Crippen molar-refractivity contribution in [2.75, 3.05) is 39.3 Å². The average molecular weight is 527 g/mol. The average Bonchev–Trinajstić information content (AvgIpc) is 3.07. The Kier molecular flexibility index (Phi) is 11.3. The summed E-state index contributed by atoms with van der Waals surface area (Å²) in [6.07, 6.45) is -2.86. The Labute approximate surface area is 186 Å². The van der Waals surface area contributed by atoms with Crippen molar-refractivity contribution in [2.24, 2.45) is 4.99 Å². The summed E-state index contributed by atoms with van der Waals surface area (Å²) in [4.78, 5) is 17.8. The van der Waals surface area contributed by atoms with Crippen molar-refractivity contribution in [3.8, 4) is 0 Å². The van der Waals surface area contributed by atoms with Crippen molar-refractivity contribution in [3.05, 3.63) is 35.9 Å². The van der Waals surface area contributed by atoms with E-state index in [1.807, 2.05) is 25.1 Å². The first-order valence-corrected chi connectivity index (χ1v) is 9.54. The van der Waals surface area contributed by atoms with Gasteiger partial charge in [0, 0.05) is 44.3 Å². The van der Waals surface area contributed by atoms with Crippen LogP contribution < -0.4 is 16.0 Å². The number of nitrogens with zero attached hydrogens (tertiary/aromatic N) is 2. The summed E-state index contributed by atoms with van der Waals surface area (Å²) in [5.74, 6) is 0.473. The molecule has 1 atom stereocenters. The minimum Gasteiger partial charge on any atom is -0.357 e. The number of hydrogen-bond acceptors (Lipinski definition) is 3. The lowest BCUT2D eigenvalue weighted by Crippen LogP contribution is -2.45. The van der Waals surface area contributed by atoms with Crippen LogP contribution in [0.3, 0.4) is 0 Å². The topological polar surface area (TPSA) is 68.8 Å². The molecule has 10 heteroatoms. The van der Waals surface area contributed by atoms with Gasteiger partial charge in [-0.1, -0.05) is 18.2 Å². The van der Waals surface area contributed by atoms with Gasteiger partial charge in [0.05, 0.1) is 6.54 Å². The normalized spacial score (nSPS) is 17.5. The first-order valence-electron chi connectivity index (χ1n) is 9.54.